The first-order valence-electron chi connectivity index (χ1n) is 5.24. The molecule has 1 rings (SSSR count). The molecule has 0 atom stereocenters. The maximum atomic E-state index is 12.2. The van der Waals surface area contributed by atoms with E-state index >= 15 is 0 Å². The van der Waals surface area contributed by atoms with Crippen molar-refractivity contribution >= 4 is 38.9 Å². The predicted octanol–water partition coefficient (Wildman–Crippen LogP) is 1.98. The van der Waals surface area contributed by atoms with Gasteiger partial charge in [-0.25, -0.2) is 8.42 Å². The minimum Gasteiger partial charge on any atom is -0.469 e. The normalized spacial score (nSPS) is 11.8. The Bertz CT molecular complexity index is 512. The van der Waals surface area contributed by atoms with E-state index in [0.29, 0.717) is 4.34 Å². The summed E-state index contributed by atoms with van der Waals surface area (Å²) < 4.78 is 30.7. The van der Waals surface area contributed by atoms with Gasteiger partial charge in [-0.3, -0.25) is 4.79 Å². The number of halogens is 1. The Morgan fingerprint density at radius 2 is 2.17 bits per heavy atom. The highest BCUT2D eigenvalue weighted by molar-refractivity contribution is 7.91. The molecule has 0 fully saturated rings. The van der Waals surface area contributed by atoms with Crippen LogP contribution in [0.4, 0.5) is 0 Å². The van der Waals surface area contributed by atoms with Crippen LogP contribution in [0.3, 0.4) is 0 Å². The van der Waals surface area contributed by atoms with Crippen molar-refractivity contribution < 1.29 is 17.9 Å². The fourth-order valence-corrected chi connectivity index (χ4v) is 4.42. The van der Waals surface area contributed by atoms with Crippen molar-refractivity contribution in [3.8, 4) is 0 Å². The van der Waals surface area contributed by atoms with E-state index in [4.69, 9.17) is 11.6 Å². The molecule has 1 heterocycles. The number of nitrogens with zero attached hydrogens (tertiary/aromatic N) is 1. The second-order valence-electron chi connectivity index (χ2n) is 3.38. The van der Waals surface area contributed by atoms with Gasteiger partial charge in [-0.05, 0) is 12.1 Å². The average Bonchev–Trinajstić information content (AvgIpc) is 2.76. The van der Waals surface area contributed by atoms with E-state index < -0.39 is 16.0 Å². The molecular weight excluding hydrogens is 298 g/mol. The lowest BCUT2D eigenvalue weighted by atomic mass is 10.4. The molecule has 1 aromatic heterocycles. The van der Waals surface area contributed by atoms with E-state index in [1.165, 1.54) is 23.5 Å². The van der Waals surface area contributed by atoms with Crippen molar-refractivity contribution in [1.29, 1.82) is 0 Å². The number of methoxy groups -OCH3 is 1. The first kappa shape index (κ1) is 15.4. The standard InChI is InChI=1S/C10H14ClNO4S2/c1-3-12(7-6-9(13)16-2)18(14,15)10-5-4-8(11)17-10/h4-5H,3,6-7H2,1-2H3. The lowest BCUT2D eigenvalue weighted by Crippen LogP contribution is -2.32. The maximum absolute atomic E-state index is 12.2. The lowest BCUT2D eigenvalue weighted by molar-refractivity contribution is -0.140. The summed E-state index contributed by atoms with van der Waals surface area (Å²) in [5, 5.41) is 0. The van der Waals surface area contributed by atoms with E-state index in [-0.39, 0.29) is 23.7 Å². The molecule has 0 unspecified atom stereocenters. The monoisotopic (exact) mass is 311 g/mol. The molecule has 1 aromatic rings. The third-order valence-corrected chi connectivity index (χ3v) is 5.96. The molecule has 0 N–H and O–H groups in total. The van der Waals surface area contributed by atoms with Gasteiger partial charge in [-0.2, -0.15) is 4.31 Å². The molecule has 0 saturated heterocycles. The summed E-state index contributed by atoms with van der Waals surface area (Å²) >= 11 is 6.72. The molecule has 0 radical (unpaired) electrons. The Balaban J connectivity index is 2.84. The van der Waals surface area contributed by atoms with Gasteiger partial charge in [0.1, 0.15) is 4.21 Å². The predicted molar refractivity (Wildman–Crippen MR) is 70.4 cm³/mol. The number of carbonyl (C=O) groups is 1. The van der Waals surface area contributed by atoms with Crippen LogP contribution in [-0.4, -0.2) is 38.9 Å². The molecule has 0 aliphatic carbocycles. The Morgan fingerprint density at radius 3 is 2.61 bits per heavy atom. The van der Waals surface area contributed by atoms with Gasteiger partial charge in [0.25, 0.3) is 10.0 Å². The number of thiophene rings is 1. The molecule has 0 amide bonds. The van der Waals surface area contributed by atoms with Gasteiger partial charge in [0.15, 0.2) is 0 Å². The molecule has 0 spiro atoms. The summed E-state index contributed by atoms with van der Waals surface area (Å²) in [5.74, 6) is -0.437. The summed E-state index contributed by atoms with van der Waals surface area (Å²) in [4.78, 5) is 11.0. The second kappa shape index (κ2) is 6.51. The Morgan fingerprint density at radius 1 is 1.50 bits per heavy atom. The molecule has 0 aromatic carbocycles. The van der Waals surface area contributed by atoms with Gasteiger partial charge in [-0.1, -0.05) is 18.5 Å². The highest BCUT2D eigenvalue weighted by Crippen LogP contribution is 2.28. The van der Waals surface area contributed by atoms with E-state index in [2.05, 4.69) is 4.74 Å². The summed E-state index contributed by atoms with van der Waals surface area (Å²) in [5.41, 5.74) is 0. The third-order valence-electron chi connectivity index (χ3n) is 2.29. The summed E-state index contributed by atoms with van der Waals surface area (Å²) in [6.45, 7) is 2.10. The smallest absolute Gasteiger partial charge is 0.306 e. The van der Waals surface area contributed by atoms with Crippen LogP contribution in [0.5, 0.6) is 0 Å². The number of carbonyl (C=O) groups excluding carboxylic acids is 1. The zero-order valence-corrected chi connectivity index (χ0v) is 12.4. The zero-order chi connectivity index (χ0) is 13.8. The number of hydrogen-bond acceptors (Lipinski definition) is 5. The largest absolute Gasteiger partial charge is 0.469 e. The van der Waals surface area contributed by atoms with Crippen molar-refractivity contribution in [3.63, 3.8) is 0 Å². The van der Waals surface area contributed by atoms with Crippen molar-refractivity contribution in [2.45, 2.75) is 17.6 Å². The van der Waals surface area contributed by atoms with E-state index in [1.807, 2.05) is 0 Å². The highest BCUT2D eigenvalue weighted by Gasteiger charge is 2.25. The van der Waals surface area contributed by atoms with Crippen molar-refractivity contribution in [2.75, 3.05) is 20.2 Å². The molecule has 0 saturated carbocycles. The zero-order valence-electron chi connectivity index (χ0n) is 10.1. The highest BCUT2D eigenvalue weighted by atomic mass is 35.5. The minimum absolute atomic E-state index is 0.0304. The van der Waals surface area contributed by atoms with Gasteiger partial charge >= 0.3 is 5.97 Å². The number of esters is 1. The quantitative estimate of drug-likeness (QED) is 0.754. The van der Waals surface area contributed by atoms with Crippen molar-refractivity contribution in [3.05, 3.63) is 16.5 Å². The summed E-state index contributed by atoms with van der Waals surface area (Å²) in [6, 6.07) is 3.00. The lowest BCUT2D eigenvalue weighted by Gasteiger charge is -2.18. The first-order chi connectivity index (χ1) is 8.41. The molecule has 18 heavy (non-hydrogen) atoms. The van der Waals surface area contributed by atoms with Crippen LogP contribution >= 0.6 is 22.9 Å². The van der Waals surface area contributed by atoms with Crippen LogP contribution < -0.4 is 0 Å². The molecule has 0 aliphatic rings. The first-order valence-corrected chi connectivity index (χ1v) is 7.87. The minimum atomic E-state index is -3.57. The molecule has 0 bridgehead atoms. The fourth-order valence-electron chi connectivity index (χ4n) is 1.33. The van der Waals surface area contributed by atoms with E-state index in [9.17, 15) is 13.2 Å². The summed E-state index contributed by atoms with van der Waals surface area (Å²) in [7, 11) is -2.30. The van der Waals surface area contributed by atoms with Gasteiger partial charge in [0, 0.05) is 13.1 Å². The molecule has 8 heteroatoms. The number of sulfonamides is 1. The molecule has 5 nitrogen and oxygen atoms in total. The Kier molecular flexibility index (Phi) is 5.58. The van der Waals surface area contributed by atoms with Crippen LogP contribution in [0.15, 0.2) is 16.3 Å². The topological polar surface area (TPSA) is 63.7 Å². The summed E-state index contributed by atoms with van der Waals surface area (Å²) in [6.07, 6.45) is 0.0304. The SMILES string of the molecule is CCN(CCC(=O)OC)S(=O)(=O)c1ccc(Cl)s1. The van der Waals surface area contributed by atoms with E-state index in [0.717, 1.165) is 11.3 Å². The van der Waals surface area contributed by atoms with Gasteiger partial charge in [-0.15, -0.1) is 11.3 Å². The van der Waals surface area contributed by atoms with E-state index in [1.54, 1.807) is 6.92 Å². The maximum Gasteiger partial charge on any atom is 0.306 e. The number of hydrogen-bond donors (Lipinski definition) is 0. The van der Waals surface area contributed by atoms with Gasteiger partial charge in [0.2, 0.25) is 0 Å². The van der Waals surface area contributed by atoms with Crippen LogP contribution in [0.1, 0.15) is 13.3 Å². The van der Waals surface area contributed by atoms with Crippen LogP contribution in [0.2, 0.25) is 4.34 Å². The number of ether oxygens (including phenoxy) is 1. The molecular formula is C10H14ClNO4S2. The molecule has 102 valence electrons. The number of rotatable bonds is 6. The van der Waals surface area contributed by atoms with Gasteiger partial charge in [0.05, 0.1) is 17.9 Å². The van der Waals surface area contributed by atoms with Crippen LogP contribution in [0, 0.1) is 0 Å². The average molecular weight is 312 g/mol. The second-order valence-corrected chi connectivity index (χ2v) is 7.26. The Labute approximate surface area is 115 Å². The van der Waals surface area contributed by atoms with Crippen LogP contribution in [-0.2, 0) is 19.6 Å². The Hall–Kier alpha value is -0.630. The van der Waals surface area contributed by atoms with Crippen LogP contribution in [0.25, 0.3) is 0 Å². The van der Waals surface area contributed by atoms with Gasteiger partial charge < -0.3 is 4.74 Å². The van der Waals surface area contributed by atoms with Crippen molar-refractivity contribution in [1.82, 2.24) is 4.31 Å². The molecule has 0 aliphatic heterocycles. The third kappa shape index (κ3) is 3.68. The fraction of sp³-hybridized carbons (Fsp3) is 0.500. The van der Waals surface area contributed by atoms with Crippen molar-refractivity contribution in [2.24, 2.45) is 0 Å².